The Bertz CT molecular complexity index is 734. The lowest BCUT2D eigenvalue weighted by atomic mass is 9.65. The van der Waals surface area contributed by atoms with Gasteiger partial charge in [-0.1, -0.05) is 48.6 Å². The fourth-order valence-electron chi connectivity index (χ4n) is 4.03. The summed E-state index contributed by atoms with van der Waals surface area (Å²) in [5.74, 6) is 0.900. The molecule has 2 nitrogen and oxygen atoms in total. The van der Waals surface area contributed by atoms with E-state index in [2.05, 4.69) is 61.5 Å². The van der Waals surface area contributed by atoms with Crippen LogP contribution in [-0.2, 0) is 10.2 Å². The predicted octanol–water partition coefficient (Wildman–Crippen LogP) is 4.19. The average molecular weight is 292 g/mol. The van der Waals surface area contributed by atoms with Crippen molar-refractivity contribution < 1.29 is 9.47 Å². The lowest BCUT2D eigenvalue weighted by Crippen LogP contribution is -2.38. The molecule has 112 valence electrons. The molecule has 0 aromatic heterocycles. The predicted molar refractivity (Wildman–Crippen MR) is 88.2 cm³/mol. The molecule has 0 bridgehead atoms. The Morgan fingerprint density at radius 2 is 2.00 bits per heavy atom. The number of hydrogen-bond donors (Lipinski definition) is 0. The van der Waals surface area contributed by atoms with Crippen LogP contribution in [0, 0.1) is 0 Å². The topological polar surface area (TPSA) is 18.5 Å². The average Bonchev–Trinajstić information content (AvgIpc) is 2.92. The smallest absolute Gasteiger partial charge is 0.119 e. The molecule has 2 aliphatic rings. The molecule has 0 unspecified atom stereocenters. The molecule has 0 saturated carbocycles. The molecule has 22 heavy (non-hydrogen) atoms. The Kier molecular flexibility index (Phi) is 3.08. The van der Waals surface area contributed by atoms with Crippen LogP contribution in [0.4, 0.5) is 0 Å². The van der Waals surface area contributed by atoms with Crippen molar-refractivity contribution in [3.05, 3.63) is 71.3 Å². The molecule has 0 spiro atoms. The Balaban J connectivity index is 1.96. The third-order valence-electron chi connectivity index (χ3n) is 4.95. The number of fused-ring (bicyclic) bond motifs is 3. The van der Waals surface area contributed by atoms with Gasteiger partial charge in [-0.3, -0.25) is 0 Å². The van der Waals surface area contributed by atoms with E-state index in [1.54, 1.807) is 7.11 Å². The van der Waals surface area contributed by atoms with Crippen LogP contribution in [-0.4, -0.2) is 19.3 Å². The van der Waals surface area contributed by atoms with E-state index in [1.165, 1.54) is 16.7 Å². The minimum atomic E-state index is -0.112. The van der Waals surface area contributed by atoms with Crippen LogP contribution in [0.1, 0.15) is 30.0 Å². The van der Waals surface area contributed by atoms with Crippen molar-refractivity contribution in [1.82, 2.24) is 0 Å². The normalized spacial score (nSPS) is 29.0. The van der Waals surface area contributed by atoms with Crippen LogP contribution in [0.2, 0.25) is 0 Å². The summed E-state index contributed by atoms with van der Waals surface area (Å²) in [4.78, 5) is 0. The van der Waals surface area contributed by atoms with Crippen LogP contribution in [0.3, 0.4) is 0 Å². The van der Waals surface area contributed by atoms with Crippen molar-refractivity contribution in [2.75, 3.05) is 7.11 Å². The van der Waals surface area contributed by atoms with Gasteiger partial charge in [0.25, 0.3) is 0 Å². The molecule has 1 heterocycles. The number of hydrogen-bond acceptors (Lipinski definition) is 2. The van der Waals surface area contributed by atoms with Gasteiger partial charge in [0.1, 0.15) is 5.75 Å². The second kappa shape index (κ2) is 4.99. The van der Waals surface area contributed by atoms with E-state index in [1.807, 2.05) is 6.07 Å². The largest absolute Gasteiger partial charge is 0.497 e. The number of methoxy groups -OCH3 is 1. The maximum atomic E-state index is 6.23. The van der Waals surface area contributed by atoms with E-state index in [-0.39, 0.29) is 17.6 Å². The minimum absolute atomic E-state index is 0.0875. The van der Waals surface area contributed by atoms with E-state index < -0.39 is 0 Å². The SMILES string of the molecule is COc1cccc([C@]23C[C@@H](C)O[C@H]2C=Cc2ccccc23)c1. The first-order valence-electron chi connectivity index (χ1n) is 7.82. The van der Waals surface area contributed by atoms with E-state index in [0.29, 0.717) is 0 Å². The zero-order valence-corrected chi connectivity index (χ0v) is 13.0. The van der Waals surface area contributed by atoms with Crippen LogP contribution < -0.4 is 4.74 Å². The quantitative estimate of drug-likeness (QED) is 0.826. The van der Waals surface area contributed by atoms with Gasteiger partial charge in [-0.2, -0.15) is 0 Å². The van der Waals surface area contributed by atoms with E-state index in [4.69, 9.17) is 9.47 Å². The van der Waals surface area contributed by atoms with Gasteiger partial charge < -0.3 is 9.47 Å². The highest BCUT2D eigenvalue weighted by atomic mass is 16.5. The van der Waals surface area contributed by atoms with Gasteiger partial charge in [0.05, 0.1) is 24.7 Å². The summed E-state index contributed by atoms with van der Waals surface area (Å²) in [6.45, 7) is 2.16. The van der Waals surface area contributed by atoms with Gasteiger partial charge in [0.15, 0.2) is 0 Å². The van der Waals surface area contributed by atoms with Crippen molar-refractivity contribution >= 4 is 6.08 Å². The van der Waals surface area contributed by atoms with Crippen molar-refractivity contribution in [2.24, 2.45) is 0 Å². The third-order valence-corrected chi connectivity index (χ3v) is 4.95. The van der Waals surface area contributed by atoms with Crippen molar-refractivity contribution in [3.8, 4) is 5.75 Å². The van der Waals surface area contributed by atoms with Crippen molar-refractivity contribution in [3.63, 3.8) is 0 Å². The molecule has 0 N–H and O–H groups in total. The van der Waals surface area contributed by atoms with E-state index in [0.717, 1.165) is 12.2 Å². The first-order valence-corrected chi connectivity index (χ1v) is 7.82. The molecular weight excluding hydrogens is 272 g/mol. The molecule has 3 atom stereocenters. The second-order valence-electron chi connectivity index (χ2n) is 6.22. The Labute approximate surface area is 131 Å². The molecule has 1 fully saturated rings. The van der Waals surface area contributed by atoms with Crippen molar-refractivity contribution in [2.45, 2.75) is 31.0 Å². The number of ether oxygens (including phenoxy) is 2. The van der Waals surface area contributed by atoms with E-state index >= 15 is 0 Å². The zero-order chi connectivity index (χ0) is 15.2. The Hall–Kier alpha value is -2.06. The summed E-state index contributed by atoms with van der Waals surface area (Å²) in [5.41, 5.74) is 3.82. The molecule has 1 aliphatic heterocycles. The van der Waals surface area contributed by atoms with Gasteiger partial charge >= 0.3 is 0 Å². The first-order chi connectivity index (χ1) is 10.7. The molecule has 0 amide bonds. The zero-order valence-electron chi connectivity index (χ0n) is 13.0. The Morgan fingerprint density at radius 1 is 1.14 bits per heavy atom. The summed E-state index contributed by atoms with van der Waals surface area (Å²) in [6.07, 6.45) is 5.73. The molecular formula is C20H20O2. The summed E-state index contributed by atoms with van der Waals surface area (Å²) in [7, 11) is 1.72. The maximum Gasteiger partial charge on any atom is 0.119 e. The molecule has 1 aliphatic carbocycles. The van der Waals surface area contributed by atoms with Gasteiger partial charge in [0, 0.05) is 0 Å². The highest BCUT2D eigenvalue weighted by Crippen LogP contribution is 2.51. The van der Waals surface area contributed by atoms with Gasteiger partial charge in [-0.15, -0.1) is 0 Å². The van der Waals surface area contributed by atoms with Gasteiger partial charge in [-0.25, -0.2) is 0 Å². The van der Waals surface area contributed by atoms with Crippen molar-refractivity contribution in [1.29, 1.82) is 0 Å². The molecule has 4 rings (SSSR count). The van der Waals surface area contributed by atoms with Gasteiger partial charge in [0.2, 0.25) is 0 Å². The maximum absolute atomic E-state index is 6.23. The summed E-state index contributed by atoms with van der Waals surface area (Å²) >= 11 is 0. The first kappa shape index (κ1) is 13.6. The number of rotatable bonds is 2. The van der Waals surface area contributed by atoms with Crippen LogP contribution in [0.5, 0.6) is 5.75 Å². The van der Waals surface area contributed by atoms with Crippen LogP contribution >= 0.6 is 0 Å². The lowest BCUT2D eigenvalue weighted by Gasteiger charge is -2.37. The molecule has 0 radical (unpaired) electrons. The third kappa shape index (κ3) is 1.84. The second-order valence-corrected chi connectivity index (χ2v) is 6.22. The highest BCUT2D eigenvalue weighted by molar-refractivity contribution is 5.65. The standard InChI is InChI=1S/C20H20O2/c1-14-13-20(16-7-5-8-17(12-16)21-2)18-9-4-3-6-15(18)10-11-19(20)22-14/h3-12,14,19H,13H2,1-2H3/t14-,19+,20+/m1/s1. The van der Waals surface area contributed by atoms with E-state index in [9.17, 15) is 0 Å². The minimum Gasteiger partial charge on any atom is -0.497 e. The fraction of sp³-hybridized carbons (Fsp3) is 0.300. The molecule has 1 saturated heterocycles. The lowest BCUT2D eigenvalue weighted by molar-refractivity contribution is 0.0722. The Morgan fingerprint density at radius 3 is 2.86 bits per heavy atom. The van der Waals surface area contributed by atoms with Crippen LogP contribution in [0.25, 0.3) is 6.08 Å². The van der Waals surface area contributed by atoms with Crippen LogP contribution in [0.15, 0.2) is 54.6 Å². The molecule has 2 heteroatoms. The molecule has 2 aromatic carbocycles. The summed E-state index contributed by atoms with van der Waals surface area (Å²) in [5, 5.41) is 0. The number of benzene rings is 2. The fourth-order valence-corrected chi connectivity index (χ4v) is 4.03. The summed E-state index contributed by atoms with van der Waals surface area (Å²) < 4.78 is 11.7. The van der Waals surface area contributed by atoms with Gasteiger partial charge in [-0.05, 0) is 42.2 Å². The monoisotopic (exact) mass is 292 g/mol. The highest BCUT2D eigenvalue weighted by Gasteiger charge is 2.50. The summed E-state index contributed by atoms with van der Waals surface area (Å²) in [6, 6.07) is 17.1. The molecule has 2 aromatic rings.